The molecule has 0 aliphatic carbocycles. The van der Waals surface area contributed by atoms with E-state index in [0.717, 1.165) is 12.1 Å². The molecule has 2 heterocycles. The van der Waals surface area contributed by atoms with Crippen LogP contribution in [0.3, 0.4) is 0 Å². The van der Waals surface area contributed by atoms with Crippen LogP contribution in [0.25, 0.3) is 0 Å². The van der Waals surface area contributed by atoms with E-state index in [4.69, 9.17) is 10.5 Å². The van der Waals surface area contributed by atoms with Crippen molar-refractivity contribution in [2.45, 2.75) is 13.0 Å². The predicted molar refractivity (Wildman–Crippen MR) is 86.9 cm³/mol. The number of pyridine rings is 1. The van der Waals surface area contributed by atoms with Gasteiger partial charge >= 0.3 is 0 Å². The fraction of sp³-hybridized carbons (Fsp3) is 0.235. The molecule has 1 aromatic carbocycles. The van der Waals surface area contributed by atoms with E-state index in [0.29, 0.717) is 0 Å². The summed E-state index contributed by atoms with van der Waals surface area (Å²) >= 11 is 0. The number of nitrogens with two attached hydrogens (primary N) is 1. The van der Waals surface area contributed by atoms with E-state index in [-0.39, 0.29) is 47.6 Å². The molecule has 0 bridgehead atoms. The van der Waals surface area contributed by atoms with Gasteiger partial charge in [-0.05, 0) is 18.1 Å². The van der Waals surface area contributed by atoms with Gasteiger partial charge in [0.2, 0.25) is 0 Å². The average Bonchev–Trinajstić information content (AvgIpc) is 2.59. The summed E-state index contributed by atoms with van der Waals surface area (Å²) in [6.07, 6.45) is 0.218. The standard InChI is InChI=1S/C17H15F2N3O4/c1-26-14-12-10(13(15(20)23)21-16(14)24)4-5-22(17(12)25)7-8-2-3-9(18)6-11(8)19/h2-3,6H,4-5,7H2,1H3,(H2,20,23)(H,21,24). The van der Waals surface area contributed by atoms with Crippen LogP contribution in [0, 0.1) is 11.6 Å². The summed E-state index contributed by atoms with van der Waals surface area (Å²) < 4.78 is 32.0. The van der Waals surface area contributed by atoms with Crippen molar-refractivity contribution in [3.8, 4) is 5.75 Å². The highest BCUT2D eigenvalue weighted by Crippen LogP contribution is 2.28. The van der Waals surface area contributed by atoms with Crippen LogP contribution in [0.4, 0.5) is 8.78 Å². The number of halogens is 2. The van der Waals surface area contributed by atoms with Crippen LogP contribution in [0.15, 0.2) is 23.0 Å². The molecule has 1 aliphatic heterocycles. The van der Waals surface area contributed by atoms with Gasteiger partial charge in [-0.1, -0.05) is 6.07 Å². The number of rotatable bonds is 4. The van der Waals surface area contributed by atoms with E-state index in [2.05, 4.69) is 4.98 Å². The minimum absolute atomic E-state index is 0.0705. The molecule has 0 saturated heterocycles. The first-order chi connectivity index (χ1) is 12.3. The van der Waals surface area contributed by atoms with Crippen molar-refractivity contribution >= 4 is 11.8 Å². The lowest BCUT2D eigenvalue weighted by Gasteiger charge is -2.30. The van der Waals surface area contributed by atoms with Crippen LogP contribution in [-0.2, 0) is 13.0 Å². The zero-order valence-corrected chi connectivity index (χ0v) is 13.8. The topological polar surface area (TPSA) is 105 Å². The Kier molecular flexibility index (Phi) is 4.45. The molecule has 0 fully saturated rings. The van der Waals surface area contributed by atoms with E-state index >= 15 is 0 Å². The van der Waals surface area contributed by atoms with Crippen LogP contribution in [0.5, 0.6) is 5.75 Å². The molecule has 0 unspecified atom stereocenters. The molecule has 7 nitrogen and oxygen atoms in total. The fourth-order valence-corrected chi connectivity index (χ4v) is 3.02. The molecule has 1 aromatic heterocycles. The van der Waals surface area contributed by atoms with E-state index in [9.17, 15) is 23.2 Å². The monoisotopic (exact) mass is 363 g/mol. The molecule has 0 saturated carbocycles. The van der Waals surface area contributed by atoms with Gasteiger partial charge in [-0.2, -0.15) is 0 Å². The Morgan fingerprint density at radius 1 is 1.35 bits per heavy atom. The number of aromatic nitrogens is 1. The number of methoxy groups -OCH3 is 1. The number of H-pyrrole nitrogens is 1. The maximum absolute atomic E-state index is 13.9. The third-order valence-corrected chi connectivity index (χ3v) is 4.24. The van der Waals surface area contributed by atoms with E-state index in [1.165, 1.54) is 18.1 Å². The number of nitrogens with zero attached hydrogens (tertiary/aromatic N) is 1. The number of benzene rings is 1. The van der Waals surface area contributed by atoms with Gasteiger partial charge in [0.25, 0.3) is 17.4 Å². The van der Waals surface area contributed by atoms with Gasteiger partial charge in [0, 0.05) is 24.7 Å². The normalized spacial score (nSPS) is 13.5. The second-order valence-electron chi connectivity index (χ2n) is 5.79. The first kappa shape index (κ1) is 17.6. The number of carbonyl (C=O) groups is 2. The molecule has 3 rings (SSSR count). The van der Waals surface area contributed by atoms with E-state index in [1.807, 2.05) is 0 Å². The number of nitrogens with one attached hydrogen (secondary N) is 1. The van der Waals surface area contributed by atoms with Crippen LogP contribution in [-0.4, -0.2) is 35.4 Å². The number of hydrogen-bond acceptors (Lipinski definition) is 4. The molecule has 2 aromatic rings. The predicted octanol–water partition coefficient (Wildman–Crippen LogP) is 0.959. The number of amides is 2. The lowest BCUT2D eigenvalue weighted by atomic mass is 9.96. The van der Waals surface area contributed by atoms with Crippen molar-refractivity contribution in [1.29, 1.82) is 0 Å². The minimum Gasteiger partial charge on any atom is -0.491 e. The number of hydrogen-bond donors (Lipinski definition) is 2. The summed E-state index contributed by atoms with van der Waals surface area (Å²) in [4.78, 5) is 40.1. The summed E-state index contributed by atoms with van der Waals surface area (Å²) in [5.74, 6) is -3.20. The van der Waals surface area contributed by atoms with Gasteiger partial charge in [-0.3, -0.25) is 14.4 Å². The molecule has 2 amide bonds. The van der Waals surface area contributed by atoms with Crippen molar-refractivity contribution in [2.75, 3.05) is 13.7 Å². The number of primary amides is 1. The van der Waals surface area contributed by atoms with Crippen molar-refractivity contribution in [3.05, 3.63) is 62.6 Å². The number of carbonyl (C=O) groups excluding carboxylic acids is 2. The maximum Gasteiger partial charge on any atom is 0.291 e. The Hall–Kier alpha value is -3.23. The van der Waals surface area contributed by atoms with Crippen LogP contribution < -0.4 is 16.0 Å². The highest BCUT2D eigenvalue weighted by atomic mass is 19.1. The summed E-state index contributed by atoms with van der Waals surface area (Å²) in [5.41, 5.74) is 4.71. The molecule has 0 radical (unpaired) electrons. The molecule has 9 heteroatoms. The zero-order chi connectivity index (χ0) is 19.0. The maximum atomic E-state index is 13.9. The Labute approximate surface area is 146 Å². The van der Waals surface area contributed by atoms with Crippen molar-refractivity contribution < 1.29 is 23.1 Å². The van der Waals surface area contributed by atoms with Crippen LogP contribution in [0.1, 0.15) is 32.0 Å². The number of ether oxygens (including phenoxy) is 1. The van der Waals surface area contributed by atoms with Crippen LogP contribution >= 0.6 is 0 Å². The third kappa shape index (κ3) is 2.92. The van der Waals surface area contributed by atoms with Gasteiger partial charge in [0.15, 0.2) is 5.75 Å². The smallest absolute Gasteiger partial charge is 0.291 e. The molecule has 0 atom stereocenters. The molecule has 3 N–H and O–H groups in total. The number of aromatic amines is 1. The summed E-state index contributed by atoms with van der Waals surface area (Å²) in [6.45, 7) is 0.0460. The Morgan fingerprint density at radius 2 is 2.08 bits per heavy atom. The first-order valence-corrected chi connectivity index (χ1v) is 7.69. The van der Waals surface area contributed by atoms with Gasteiger partial charge < -0.3 is 20.4 Å². The van der Waals surface area contributed by atoms with Gasteiger partial charge in [0.1, 0.15) is 17.3 Å². The lowest BCUT2D eigenvalue weighted by molar-refractivity contribution is 0.0720. The van der Waals surface area contributed by atoms with Gasteiger partial charge in [-0.25, -0.2) is 8.78 Å². The second kappa shape index (κ2) is 6.58. The Morgan fingerprint density at radius 3 is 2.69 bits per heavy atom. The van der Waals surface area contributed by atoms with E-state index < -0.39 is 29.0 Å². The largest absolute Gasteiger partial charge is 0.491 e. The quantitative estimate of drug-likeness (QED) is 0.844. The third-order valence-electron chi connectivity index (χ3n) is 4.24. The molecule has 26 heavy (non-hydrogen) atoms. The zero-order valence-electron chi connectivity index (χ0n) is 13.8. The Balaban J connectivity index is 2.04. The van der Waals surface area contributed by atoms with Gasteiger partial charge in [0.05, 0.1) is 12.7 Å². The SMILES string of the molecule is COc1c2c(c(C(N)=O)[nH]c1=O)CCN(Cc1ccc(F)cc1F)C2=O. The van der Waals surface area contributed by atoms with Crippen molar-refractivity contribution in [1.82, 2.24) is 9.88 Å². The molecular weight excluding hydrogens is 348 g/mol. The molecule has 0 spiro atoms. The lowest BCUT2D eigenvalue weighted by Crippen LogP contribution is -2.40. The van der Waals surface area contributed by atoms with Crippen molar-refractivity contribution in [3.63, 3.8) is 0 Å². The number of fused-ring (bicyclic) bond motifs is 1. The van der Waals surface area contributed by atoms with Crippen molar-refractivity contribution in [2.24, 2.45) is 5.73 Å². The Bertz CT molecular complexity index is 971. The second-order valence-corrected chi connectivity index (χ2v) is 5.79. The van der Waals surface area contributed by atoms with E-state index in [1.54, 1.807) is 0 Å². The average molecular weight is 363 g/mol. The molecule has 1 aliphatic rings. The molecule has 136 valence electrons. The fourth-order valence-electron chi connectivity index (χ4n) is 3.02. The van der Waals surface area contributed by atoms with Gasteiger partial charge in [-0.15, -0.1) is 0 Å². The highest BCUT2D eigenvalue weighted by molar-refractivity contribution is 6.03. The molecular formula is C17H15F2N3O4. The summed E-state index contributed by atoms with van der Waals surface area (Å²) in [6, 6.07) is 3.07. The minimum atomic E-state index is -0.869. The first-order valence-electron chi connectivity index (χ1n) is 7.69. The summed E-state index contributed by atoms with van der Waals surface area (Å²) in [5, 5.41) is 0. The highest BCUT2D eigenvalue weighted by Gasteiger charge is 2.33. The van der Waals surface area contributed by atoms with Crippen LogP contribution in [0.2, 0.25) is 0 Å². The summed E-state index contributed by atoms with van der Waals surface area (Å²) in [7, 11) is 1.22.